The van der Waals surface area contributed by atoms with Gasteiger partial charge in [-0.15, -0.1) is 0 Å². The van der Waals surface area contributed by atoms with Gasteiger partial charge >= 0.3 is 0 Å². The van der Waals surface area contributed by atoms with E-state index in [4.69, 9.17) is 9.47 Å². The highest BCUT2D eigenvalue weighted by Gasteiger charge is 2.56. The Morgan fingerprint density at radius 3 is 2.60 bits per heavy atom. The molecule has 2 unspecified atom stereocenters. The van der Waals surface area contributed by atoms with E-state index in [9.17, 15) is 0 Å². The summed E-state index contributed by atoms with van der Waals surface area (Å²) in [5, 5.41) is 3.72. The van der Waals surface area contributed by atoms with E-state index in [0.29, 0.717) is 17.6 Å². The molecular formula is C17H33NO2. The topological polar surface area (TPSA) is 30.5 Å². The van der Waals surface area contributed by atoms with Crippen molar-refractivity contribution in [2.75, 3.05) is 26.4 Å². The van der Waals surface area contributed by atoms with Crippen molar-refractivity contribution in [1.82, 2.24) is 5.32 Å². The molecule has 0 saturated heterocycles. The summed E-state index contributed by atoms with van der Waals surface area (Å²) in [5.74, 6) is 0.739. The maximum Gasteiger partial charge on any atom is 0.0661 e. The smallest absolute Gasteiger partial charge is 0.0661 e. The van der Waals surface area contributed by atoms with Crippen molar-refractivity contribution in [2.24, 2.45) is 11.3 Å². The van der Waals surface area contributed by atoms with Crippen molar-refractivity contribution in [3.63, 3.8) is 0 Å². The average molecular weight is 283 g/mol. The molecule has 3 nitrogen and oxygen atoms in total. The summed E-state index contributed by atoms with van der Waals surface area (Å²) in [6.45, 7) is 10.2. The van der Waals surface area contributed by atoms with Crippen molar-refractivity contribution >= 4 is 0 Å². The van der Waals surface area contributed by atoms with Crippen LogP contribution in [0.25, 0.3) is 0 Å². The van der Waals surface area contributed by atoms with E-state index >= 15 is 0 Å². The van der Waals surface area contributed by atoms with Crippen LogP contribution >= 0.6 is 0 Å². The highest BCUT2D eigenvalue weighted by atomic mass is 16.5. The Balaban J connectivity index is 1.63. The third-order valence-electron chi connectivity index (χ3n) is 5.16. The minimum Gasteiger partial charge on any atom is -0.380 e. The molecule has 20 heavy (non-hydrogen) atoms. The summed E-state index contributed by atoms with van der Waals surface area (Å²) in [6, 6.07) is 0.662. The SMILES string of the molecule is CCOC1CC(NCCOCCC(C)C)C12CCCC2. The van der Waals surface area contributed by atoms with E-state index in [1.54, 1.807) is 0 Å². The first-order chi connectivity index (χ1) is 9.69. The molecule has 0 aromatic carbocycles. The minimum atomic E-state index is 0.452. The molecule has 0 amide bonds. The Bertz CT molecular complexity index is 274. The molecular weight excluding hydrogens is 250 g/mol. The van der Waals surface area contributed by atoms with Gasteiger partial charge in [0.25, 0.3) is 0 Å². The molecule has 0 aliphatic heterocycles. The number of rotatable bonds is 9. The normalized spacial score (nSPS) is 28.2. The lowest BCUT2D eigenvalue weighted by molar-refractivity contribution is -0.130. The van der Waals surface area contributed by atoms with Gasteiger partial charge in [-0.1, -0.05) is 26.7 Å². The van der Waals surface area contributed by atoms with Gasteiger partial charge in [-0.3, -0.25) is 0 Å². The van der Waals surface area contributed by atoms with Crippen molar-refractivity contribution in [3.8, 4) is 0 Å². The summed E-state index contributed by atoms with van der Waals surface area (Å²) in [5.41, 5.74) is 0.452. The van der Waals surface area contributed by atoms with Gasteiger partial charge in [0, 0.05) is 31.2 Å². The summed E-state index contributed by atoms with van der Waals surface area (Å²) < 4.78 is 11.6. The Morgan fingerprint density at radius 2 is 1.95 bits per heavy atom. The molecule has 0 bridgehead atoms. The first kappa shape index (κ1) is 16.3. The molecule has 0 aromatic rings. The zero-order chi connectivity index (χ0) is 14.4. The van der Waals surface area contributed by atoms with Gasteiger partial charge in [0.05, 0.1) is 12.7 Å². The Labute approximate surface area is 124 Å². The molecule has 0 radical (unpaired) electrons. The second-order valence-electron chi connectivity index (χ2n) is 6.92. The standard InChI is InChI=1S/C17H33NO2/c1-4-20-16-13-15(17(16)8-5-6-9-17)18-10-12-19-11-7-14(2)3/h14-16,18H,4-13H2,1-3H3. The Morgan fingerprint density at radius 1 is 1.20 bits per heavy atom. The molecule has 2 aliphatic carbocycles. The van der Waals surface area contributed by atoms with Gasteiger partial charge < -0.3 is 14.8 Å². The minimum absolute atomic E-state index is 0.452. The van der Waals surface area contributed by atoms with Crippen LogP contribution in [0.5, 0.6) is 0 Å². The molecule has 118 valence electrons. The van der Waals surface area contributed by atoms with Crippen LogP contribution in [0.4, 0.5) is 0 Å². The predicted octanol–water partition coefficient (Wildman–Crippen LogP) is 3.38. The van der Waals surface area contributed by atoms with Crippen LogP contribution in [-0.2, 0) is 9.47 Å². The summed E-state index contributed by atoms with van der Waals surface area (Å²) in [6.07, 6.45) is 8.33. The van der Waals surface area contributed by atoms with Gasteiger partial charge in [0.2, 0.25) is 0 Å². The monoisotopic (exact) mass is 283 g/mol. The summed E-state index contributed by atoms with van der Waals surface area (Å²) in [4.78, 5) is 0. The van der Waals surface area contributed by atoms with Crippen LogP contribution in [0.15, 0.2) is 0 Å². The fraction of sp³-hybridized carbons (Fsp3) is 1.00. The fourth-order valence-corrected chi connectivity index (χ4v) is 3.90. The Hall–Kier alpha value is -0.120. The van der Waals surface area contributed by atoms with Gasteiger partial charge in [-0.2, -0.15) is 0 Å². The summed E-state index contributed by atoms with van der Waals surface area (Å²) in [7, 11) is 0. The van der Waals surface area contributed by atoms with Gasteiger partial charge in [0.1, 0.15) is 0 Å². The van der Waals surface area contributed by atoms with E-state index in [-0.39, 0.29) is 0 Å². The van der Waals surface area contributed by atoms with Crippen LogP contribution in [0.1, 0.15) is 59.3 Å². The average Bonchev–Trinajstić information content (AvgIpc) is 2.92. The maximum absolute atomic E-state index is 5.95. The highest BCUT2D eigenvalue weighted by Crippen LogP contribution is 2.54. The van der Waals surface area contributed by atoms with Gasteiger partial charge in [0.15, 0.2) is 0 Å². The molecule has 2 aliphatic rings. The quantitative estimate of drug-likeness (QED) is 0.658. The number of hydrogen-bond donors (Lipinski definition) is 1. The lowest BCUT2D eigenvalue weighted by atomic mass is 9.60. The molecule has 1 N–H and O–H groups in total. The van der Waals surface area contributed by atoms with E-state index < -0.39 is 0 Å². The summed E-state index contributed by atoms with van der Waals surface area (Å²) >= 11 is 0. The lowest BCUT2D eigenvalue weighted by Crippen LogP contribution is -2.63. The van der Waals surface area contributed by atoms with Crippen molar-refractivity contribution in [2.45, 2.75) is 71.4 Å². The molecule has 3 heteroatoms. The highest BCUT2D eigenvalue weighted by molar-refractivity contribution is 5.09. The number of nitrogens with one attached hydrogen (secondary N) is 1. The zero-order valence-corrected chi connectivity index (χ0v) is 13.6. The molecule has 2 rings (SSSR count). The van der Waals surface area contributed by atoms with Crippen LogP contribution in [0.2, 0.25) is 0 Å². The van der Waals surface area contributed by atoms with Gasteiger partial charge in [-0.05, 0) is 38.5 Å². The molecule has 2 saturated carbocycles. The van der Waals surface area contributed by atoms with Gasteiger partial charge in [-0.25, -0.2) is 0 Å². The second kappa shape index (κ2) is 7.77. The van der Waals surface area contributed by atoms with Crippen LogP contribution in [-0.4, -0.2) is 38.5 Å². The van der Waals surface area contributed by atoms with E-state index in [2.05, 4.69) is 26.1 Å². The van der Waals surface area contributed by atoms with E-state index in [1.807, 2.05) is 0 Å². The van der Waals surface area contributed by atoms with E-state index in [0.717, 1.165) is 32.3 Å². The Kier molecular flexibility index (Phi) is 6.31. The third kappa shape index (κ3) is 3.75. The first-order valence-corrected chi connectivity index (χ1v) is 8.61. The molecule has 2 fully saturated rings. The maximum atomic E-state index is 5.95. The molecule has 0 heterocycles. The molecule has 1 spiro atoms. The number of hydrogen-bond acceptors (Lipinski definition) is 3. The predicted molar refractivity (Wildman–Crippen MR) is 83.0 cm³/mol. The van der Waals surface area contributed by atoms with Crippen LogP contribution < -0.4 is 5.32 Å². The fourth-order valence-electron chi connectivity index (χ4n) is 3.90. The lowest BCUT2D eigenvalue weighted by Gasteiger charge is -2.54. The van der Waals surface area contributed by atoms with Crippen molar-refractivity contribution in [3.05, 3.63) is 0 Å². The molecule has 0 aromatic heterocycles. The van der Waals surface area contributed by atoms with E-state index in [1.165, 1.54) is 38.5 Å². The third-order valence-corrected chi connectivity index (χ3v) is 5.16. The first-order valence-electron chi connectivity index (χ1n) is 8.61. The van der Waals surface area contributed by atoms with Crippen molar-refractivity contribution in [1.29, 1.82) is 0 Å². The largest absolute Gasteiger partial charge is 0.380 e. The molecule has 2 atom stereocenters. The van der Waals surface area contributed by atoms with Crippen LogP contribution in [0, 0.1) is 11.3 Å². The number of ether oxygens (including phenoxy) is 2. The van der Waals surface area contributed by atoms with Crippen LogP contribution in [0.3, 0.4) is 0 Å². The van der Waals surface area contributed by atoms with Crippen molar-refractivity contribution < 1.29 is 9.47 Å². The second-order valence-corrected chi connectivity index (χ2v) is 6.92. The zero-order valence-electron chi connectivity index (χ0n) is 13.6.